The first-order chi connectivity index (χ1) is 7.47. The van der Waals surface area contributed by atoms with Gasteiger partial charge in [-0.25, -0.2) is 0 Å². The smallest absolute Gasteiger partial charge is 0.116 e. The van der Waals surface area contributed by atoms with E-state index in [1.54, 1.807) is 0 Å². The third kappa shape index (κ3) is 3.75. The lowest BCUT2D eigenvalue weighted by molar-refractivity contribution is -0.00815. The molecule has 1 aliphatic heterocycles. The van der Waals surface area contributed by atoms with Crippen molar-refractivity contribution in [2.24, 2.45) is 0 Å². The lowest BCUT2D eigenvalue weighted by Gasteiger charge is -2.38. The van der Waals surface area contributed by atoms with Crippen molar-refractivity contribution in [3.05, 3.63) is 0 Å². The van der Waals surface area contributed by atoms with E-state index in [4.69, 9.17) is 4.74 Å². The molecule has 1 heterocycles. The summed E-state index contributed by atoms with van der Waals surface area (Å²) in [4.78, 5) is 2.32. The quantitative estimate of drug-likeness (QED) is 0.775. The Morgan fingerprint density at radius 2 is 2.31 bits per heavy atom. The first-order valence-corrected chi connectivity index (χ1v) is 5.97. The van der Waals surface area contributed by atoms with E-state index in [1.165, 1.54) is 0 Å². The molecule has 1 rings (SSSR count). The maximum absolute atomic E-state index is 9.28. The zero-order valence-corrected chi connectivity index (χ0v) is 10.8. The number of rotatable bonds is 4. The second kappa shape index (κ2) is 5.62. The Bertz CT molecular complexity index is 261. The van der Waals surface area contributed by atoms with Crippen LogP contribution in [0.2, 0.25) is 0 Å². The van der Waals surface area contributed by atoms with Gasteiger partial charge in [0, 0.05) is 25.2 Å². The Balaban J connectivity index is 2.58. The highest BCUT2D eigenvalue weighted by Crippen LogP contribution is 2.13. The fraction of sp³-hybridized carbons (Fsp3) is 0.917. The molecule has 1 N–H and O–H groups in total. The molecule has 0 aliphatic carbocycles. The highest BCUT2D eigenvalue weighted by molar-refractivity contribution is 5.07. The predicted molar refractivity (Wildman–Crippen MR) is 64.1 cm³/mol. The Labute approximate surface area is 98.6 Å². The number of ether oxygens (including phenoxy) is 1. The fourth-order valence-corrected chi connectivity index (χ4v) is 2.15. The first kappa shape index (κ1) is 13.4. The van der Waals surface area contributed by atoms with Gasteiger partial charge in [0.15, 0.2) is 0 Å². The van der Waals surface area contributed by atoms with Gasteiger partial charge in [-0.05, 0) is 27.7 Å². The summed E-state index contributed by atoms with van der Waals surface area (Å²) in [6.07, 6.45) is 0. The SMILES string of the molecule is CC(C)NC(C)(C#N)CN1CCOCC1C. The average Bonchev–Trinajstić information content (AvgIpc) is 2.20. The molecule has 4 nitrogen and oxygen atoms in total. The van der Waals surface area contributed by atoms with E-state index in [9.17, 15) is 5.26 Å². The third-order valence-electron chi connectivity index (χ3n) is 2.88. The number of nitrogens with one attached hydrogen (secondary N) is 1. The summed E-state index contributed by atoms with van der Waals surface area (Å²) >= 11 is 0. The molecule has 1 aliphatic rings. The number of morpholine rings is 1. The van der Waals surface area contributed by atoms with Crippen LogP contribution in [0.3, 0.4) is 0 Å². The highest BCUT2D eigenvalue weighted by atomic mass is 16.5. The summed E-state index contributed by atoms with van der Waals surface area (Å²) in [5.74, 6) is 0. The minimum Gasteiger partial charge on any atom is -0.379 e. The lowest BCUT2D eigenvalue weighted by Crippen LogP contribution is -2.56. The number of nitrogens with zero attached hydrogens (tertiary/aromatic N) is 2. The topological polar surface area (TPSA) is 48.3 Å². The summed E-state index contributed by atoms with van der Waals surface area (Å²) in [6, 6.07) is 3.10. The number of nitriles is 1. The maximum atomic E-state index is 9.28. The molecule has 92 valence electrons. The van der Waals surface area contributed by atoms with Crippen molar-refractivity contribution >= 4 is 0 Å². The molecule has 1 saturated heterocycles. The number of hydrogen-bond donors (Lipinski definition) is 1. The van der Waals surface area contributed by atoms with E-state index in [0.29, 0.717) is 12.1 Å². The minimum atomic E-state index is -0.472. The van der Waals surface area contributed by atoms with E-state index in [1.807, 2.05) is 6.92 Å². The minimum absolute atomic E-state index is 0.320. The molecule has 0 aromatic heterocycles. The maximum Gasteiger partial charge on any atom is 0.116 e. The van der Waals surface area contributed by atoms with Gasteiger partial charge in [-0.2, -0.15) is 5.26 Å². The van der Waals surface area contributed by atoms with Crippen LogP contribution in [-0.2, 0) is 4.74 Å². The monoisotopic (exact) mass is 225 g/mol. The molecule has 0 aromatic rings. The van der Waals surface area contributed by atoms with Crippen LogP contribution in [0.25, 0.3) is 0 Å². The van der Waals surface area contributed by atoms with Crippen LogP contribution in [0.1, 0.15) is 27.7 Å². The molecule has 0 spiro atoms. The molecular weight excluding hydrogens is 202 g/mol. The summed E-state index contributed by atoms with van der Waals surface area (Å²) in [5.41, 5.74) is -0.472. The summed E-state index contributed by atoms with van der Waals surface area (Å²) in [5, 5.41) is 12.6. The van der Waals surface area contributed by atoms with E-state index < -0.39 is 5.54 Å². The van der Waals surface area contributed by atoms with E-state index in [2.05, 4.69) is 37.1 Å². The molecular formula is C12H23N3O. The Kier molecular flexibility index (Phi) is 4.72. The molecule has 1 fully saturated rings. The van der Waals surface area contributed by atoms with Crippen LogP contribution in [0.4, 0.5) is 0 Å². The van der Waals surface area contributed by atoms with Gasteiger partial charge >= 0.3 is 0 Å². The largest absolute Gasteiger partial charge is 0.379 e. The molecule has 16 heavy (non-hydrogen) atoms. The van der Waals surface area contributed by atoms with Gasteiger partial charge in [-0.1, -0.05) is 0 Å². The second-order valence-electron chi connectivity index (χ2n) is 5.14. The van der Waals surface area contributed by atoms with Crippen molar-refractivity contribution in [2.75, 3.05) is 26.3 Å². The second-order valence-corrected chi connectivity index (χ2v) is 5.14. The summed E-state index contributed by atoms with van der Waals surface area (Å²) in [7, 11) is 0. The van der Waals surface area contributed by atoms with Crippen LogP contribution in [0.5, 0.6) is 0 Å². The van der Waals surface area contributed by atoms with E-state index in [-0.39, 0.29) is 0 Å². The van der Waals surface area contributed by atoms with Crippen LogP contribution in [0.15, 0.2) is 0 Å². The van der Waals surface area contributed by atoms with Gasteiger partial charge in [0.2, 0.25) is 0 Å². The Hall–Kier alpha value is -0.630. The van der Waals surface area contributed by atoms with Crippen molar-refractivity contribution < 1.29 is 4.74 Å². The van der Waals surface area contributed by atoms with Gasteiger partial charge in [0.1, 0.15) is 5.54 Å². The average molecular weight is 225 g/mol. The van der Waals surface area contributed by atoms with Gasteiger partial charge < -0.3 is 4.74 Å². The fourth-order valence-electron chi connectivity index (χ4n) is 2.15. The van der Waals surface area contributed by atoms with Crippen molar-refractivity contribution in [3.8, 4) is 6.07 Å². The lowest BCUT2D eigenvalue weighted by atomic mass is 10.0. The van der Waals surface area contributed by atoms with Crippen LogP contribution < -0.4 is 5.32 Å². The molecule has 0 bridgehead atoms. The van der Waals surface area contributed by atoms with Gasteiger partial charge in [-0.3, -0.25) is 10.2 Å². The summed E-state index contributed by atoms with van der Waals surface area (Å²) in [6.45, 7) is 11.5. The Morgan fingerprint density at radius 1 is 1.62 bits per heavy atom. The van der Waals surface area contributed by atoms with Gasteiger partial charge in [0.05, 0.1) is 19.3 Å². The Morgan fingerprint density at radius 3 is 2.81 bits per heavy atom. The van der Waals surface area contributed by atoms with Crippen molar-refractivity contribution in [1.29, 1.82) is 5.26 Å². The van der Waals surface area contributed by atoms with Crippen LogP contribution in [0, 0.1) is 11.3 Å². The molecule has 0 amide bonds. The summed E-state index contributed by atoms with van der Waals surface area (Å²) < 4.78 is 5.40. The molecule has 2 unspecified atom stereocenters. The van der Waals surface area contributed by atoms with E-state index >= 15 is 0 Å². The molecule has 2 atom stereocenters. The van der Waals surface area contributed by atoms with Crippen molar-refractivity contribution in [3.63, 3.8) is 0 Å². The molecule has 0 radical (unpaired) electrons. The molecule has 0 aromatic carbocycles. The van der Waals surface area contributed by atoms with Crippen molar-refractivity contribution in [2.45, 2.75) is 45.3 Å². The normalized spacial score (nSPS) is 26.4. The third-order valence-corrected chi connectivity index (χ3v) is 2.88. The first-order valence-electron chi connectivity index (χ1n) is 5.97. The zero-order chi connectivity index (χ0) is 12.2. The standard InChI is InChI=1S/C12H23N3O/c1-10(2)14-12(4,8-13)9-15-5-6-16-7-11(15)3/h10-11,14H,5-7,9H2,1-4H3. The van der Waals surface area contributed by atoms with Gasteiger partial charge in [-0.15, -0.1) is 0 Å². The number of hydrogen-bond acceptors (Lipinski definition) is 4. The zero-order valence-electron chi connectivity index (χ0n) is 10.8. The van der Waals surface area contributed by atoms with Gasteiger partial charge in [0.25, 0.3) is 0 Å². The predicted octanol–water partition coefficient (Wildman–Crippen LogP) is 0.987. The highest BCUT2D eigenvalue weighted by Gasteiger charge is 2.30. The van der Waals surface area contributed by atoms with Crippen LogP contribution >= 0.6 is 0 Å². The molecule has 4 heteroatoms. The van der Waals surface area contributed by atoms with E-state index in [0.717, 1.165) is 26.3 Å². The van der Waals surface area contributed by atoms with Crippen molar-refractivity contribution in [1.82, 2.24) is 10.2 Å². The van der Waals surface area contributed by atoms with Crippen LogP contribution in [-0.4, -0.2) is 48.8 Å². The molecule has 0 saturated carbocycles.